The predicted octanol–water partition coefficient (Wildman–Crippen LogP) is 3.92. The Morgan fingerprint density at radius 3 is 2.95 bits per heavy atom. The summed E-state index contributed by atoms with van der Waals surface area (Å²) in [5, 5.41) is 1.07. The first-order valence-electron chi connectivity index (χ1n) is 7.63. The molecule has 4 heteroatoms. The molecule has 1 aliphatic rings. The number of furan rings is 1. The molecule has 2 aromatic heterocycles. The topological polar surface area (TPSA) is 42.2 Å². The van der Waals surface area contributed by atoms with Crippen molar-refractivity contribution >= 4 is 27.9 Å². The molecule has 1 aromatic carbocycles. The summed E-state index contributed by atoms with van der Waals surface area (Å²) < 4.78 is 6.06. The standard InChI is InChI=1S/C17H19N3O/c1-11-6-5-9-20(10-11)17-16-15(18-12(2)19-17)13-7-3-4-8-14(13)21-16/h3-4,7-8,11H,5-6,9-10H2,1-2H3/t11-/m0/s1. The minimum absolute atomic E-state index is 0.702. The fraction of sp³-hybridized carbons (Fsp3) is 0.412. The van der Waals surface area contributed by atoms with Gasteiger partial charge in [0.15, 0.2) is 11.4 Å². The first-order chi connectivity index (χ1) is 10.2. The fourth-order valence-corrected chi connectivity index (χ4v) is 3.28. The zero-order valence-corrected chi connectivity index (χ0v) is 12.5. The highest BCUT2D eigenvalue weighted by molar-refractivity contribution is 6.05. The maximum Gasteiger partial charge on any atom is 0.196 e. The van der Waals surface area contributed by atoms with Crippen LogP contribution >= 0.6 is 0 Å². The van der Waals surface area contributed by atoms with Crippen LogP contribution in [0.2, 0.25) is 0 Å². The summed E-state index contributed by atoms with van der Waals surface area (Å²) in [5.74, 6) is 2.47. The highest BCUT2D eigenvalue weighted by Crippen LogP contribution is 2.34. The van der Waals surface area contributed by atoms with Crippen LogP contribution < -0.4 is 4.90 Å². The zero-order chi connectivity index (χ0) is 14.4. The SMILES string of the molecule is Cc1nc(N2CCC[C@H](C)C2)c2oc3ccccc3c2n1. The van der Waals surface area contributed by atoms with E-state index in [1.807, 2.05) is 25.1 Å². The summed E-state index contributed by atoms with van der Waals surface area (Å²) in [6.45, 7) is 6.35. The number of piperidine rings is 1. The Bertz CT molecular complexity index is 808. The molecule has 1 aliphatic heterocycles. The van der Waals surface area contributed by atoms with Crippen LogP contribution in [0.3, 0.4) is 0 Å². The van der Waals surface area contributed by atoms with Crippen LogP contribution in [-0.4, -0.2) is 23.1 Å². The highest BCUT2D eigenvalue weighted by Gasteiger charge is 2.23. The number of benzene rings is 1. The van der Waals surface area contributed by atoms with Crippen LogP contribution in [0.4, 0.5) is 5.82 Å². The lowest BCUT2D eigenvalue weighted by Crippen LogP contribution is -2.35. The Kier molecular flexibility index (Phi) is 2.84. The van der Waals surface area contributed by atoms with Crippen molar-refractivity contribution in [3.63, 3.8) is 0 Å². The van der Waals surface area contributed by atoms with E-state index in [-0.39, 0.29) is 0 Å². The number of nitrogens with zero attached hydrogens (tertiary/aromatic N) is 3. The van der Waals surface area contributed by atoms with E-state index in [2.05, 4.69) is 27.9 Å². The smallest absolute Gasteiger partial charge is 0.196 e. The molecule has 108 valence electrons. The van der Waals surface area contributed by atoms with Gasteiger partial charge in [0.25, 0.3) is 0 Å². The van der Waals surface area contributed by atoms with Gasteiger partial charge < -0.3 is 9.32 Å². The number of para-hydroxylation sites is 1. The second kappa shape index (κ2) is 4.72. The Labute approximate surface area is 123 Å². The molecule has 1 saturated heterocycles. The lowest BCUT2D eigenvalue weighted by atomic mass is 10.0. The van der Waals surface area contributed by atoms with Crippen molar-refractivity contribution in [2.75, 3.05) is 18.0 Å². The van der Waals surface area contributed by atoms with E-state index in [1.54, 1.807) is 0 Å². The number of rotatable bonds is 1. The van der Waals surface area contributed by atoms with Crippen molar-refractivity contribution in [2.24, 2.45) is 5.92 Å². The second-order valence-corrected chi connectivity index (χ2v) is 6.06. The van der Waals surface area contributed by atoms with Gasteiger partial charge in [-0.1, -0.05) is 19.1 Å². The van der Waals surface area contributed by atoms with E-state index in [9.17, 15) is 0 Å². The summed E-state index contributed by atoms with van der Waals surface area (Å²) in [5.41, 5.74) is 2.65. The van der Waals surface area contributed by atoms with Gasteiger partial charge in [-0.2, -0.15) is 0 Å². The predicted molar refractivity (Wildman–Crippen MR) is 84.7 cm³/mol. The first-order valence-corrected chi connectivity index (χ1v) is 7.63. The summed E-state index contributed by atoms with van der Waals surface area (Å²) in [6.07, 6.45) is 2.51. The second-order valence-electron chi connectivity index (χ2n) is 6.06. The summed E-state index contributed by atoms with van der Waals surface area (Å²) in [7, 11) is 0. The number of anilines is 1. The molecule has 21 heavy (non-hydrogen) atoms. The third-order valence-corrected chi connectivity index (χ3v) is 4.27. The van der Waals surface area contributed by atoms with Gasteiger partial charge >= 0.3 is 0 Å². The Morgan fingerprint density at radius 1 is 1.24 bits per heavy atom. The molecule has 4 rings (SSSR count). The molecule has 0 spiro atoms. The highest BCUT2D eigenvalue weighted by atomic mass is 16.3. The van der Waals surface area contributed by atoms with E-state index < -0.39 is 0 Å². The molecule has 0 amide bonds. The van der Waals surface area contributed by atoms with Crippen molar-refractivity contribution in [2.45, 2.75) is 26.7 Å². The number of aromatic nitrogens is 2. The largest absolute Gasteiger partial charge is 0.450 e. The average Bonchev–Trinajstić information content (AvgIpc) is 2.85. The van der Waals surface area contributed by atoms with Crippen molar-refractivity contribution in [3.05, 3.63) is 30.1 Å². The van der Waals surface area contributed by atoms with Crippen LogP contribution in [0.1, 0.15) is 25.6 Å². The molecule has 0 saturated carbocycles. The van der Waals surface area contributed by atoms with Crippen LogP contribution in [0.15, 0.2) is 28.7 Å². The van der Waals surface area contributed by atoms with Gasteiger partial charge in [-0.3, -0.25) is 0 Å². The van der Waals surface area contributed by atoms with Crippen molar-refractivity contribution < 1.29 is 4.42 Å². The van der Waals surface area contributed by atoms with E-state index in [1.165, 1.54) is 12.8 Å². The minimum Gasteiger partial charge on any atom is -0.450 e. The van der Waals surface area contributed by atoms with Gasteiger partial charge in [0, 0.05) is 18.5 Å². The fourth-order valence-electron chi connectivity index (χ4n) is 3.28. The van der Waals surface area contributed by atoms with Crippen LogP contribution in [0.5, 0.6) is 0 Å². The Morgan fingerprint density at radius 2 is 2.10 bits per heavy atom. The van der Waals surface area contributed by atoms with Gasteiger partial charge in [-0.15, -0.1) is 0 Å². The summed E-state index contributed by atoms with van der Waals surface area (Å²) >= 11 is 0. The van der Waals surface area contributed by atoms with Crippen LogP contribution in [-0.2, 0) is 0 Å². The molecule has 0 N–H and O–H groups in total. The van der Waals surface area contributed by atoms with Gasteiger partial charge in [0.2, 0.25) is 0 Å². The molecular weight excluding hydrogens is 262 g/mol. The third kappa shape index (κ3) is 2.06. The lowest BCUT2D eigenvalue weighted by molar-refractivity contribution is 0.443. The Hall–Kier alpha value is -2.10. The maximum absolute atomic E-state index is 6.06. The monoisotopic (exact) mass is 281 g/mol. The molecule has 0 bridgehead atoms. The molecule has 0 aliphatic carbocycles. The number of hydrogen-bond acceptors (Lipinski definition) is 4. The Balaban J connectivity index is 1.95. The molecule has 4 nitrogen and oxygen atoms in total. The van der Waals surface area contributed by atoms with Crippen molar-refractivity contribution in [1.29, 1.82) is 0 Å². The van der Waals surface area contributed by atoms with E-state index in [0.29, 0.717) is 5.92 Å². The number of hydrogen-bond donors (Lipinski definition) is 0. The molecule has 0 unspecified atom stereocenters. The molecule has 3 aromatic rings. The lowest BCUT2D eigenvalue weighted by Gasteiger charge is -2.31. The van der Waals surface area contributed by atoms with E-state index in [4.69, 9.17) is 4.42 Å². The van der Waals surface area contributed by atoms with E-state index in [0.717, 1.165) is 46.8 Å². The third-order valence-electron chi connectivity index (χ3n) is 4.27. The van der Waals surface area contributed by atoms with Gasteiger partial charge in [0.1, 0.15) is 16.9 Å². The molecule has 1 fully saturated rings. The molecule has 1 atom stereocenters. The molecular formula is C17H19N3O. The van der Waals surface area contributed by atoms with E-state index >= 15 is 0 Å². The normalized spacial score (nSPS) is 19.5. The zero-order valence-electron chi connectivity index (χ0n) is 12.5. The van der Waals surface area contributed by atoms with Crippen LogP contribution in [0, 0.1) is 12.8 Å². The minimum atomic E-state index is 0.702. The van der Waals surface area contributed by atoms with Gasteiger partial charge in [-0.05, 0) is 37.8 Å². The summed E-state index contributed by atoms with van der Waals surface area (Å²) in [4.78, 5) is 11.6. The number of aryl methyl sites for hydroxylation is 1. The molecule has 0 radical (unpaired) electrons. The van der Waals surface area contributed by atoms with Gasteiger partial charge in [0.05, 0.1) is 0 Å². The summed E-state index contributed by atoms with van der Waals surface area (Å²) in [6, 6.07) is 8.08. The quantitative estimate of drug-likeness (QED) is 0.678. The van der Waals surface area contributed by atoms with Crippen LogP contribution in [0.25, 0.3) is 22.1 Å². The first kappa shape index (κ1) is 12.6. The van der Waals surface area contributed by atoms with Crippen molar-refractivity contribution in [1.82, 2.24) is 9.97 Å². The maximum atomic E-state index is 6.06. The van der Waals surface area contributed by atoms with Crippen molar-refractivity contribution in [3.8, 4) is 0 Å². The average molecular weight is 281 g/mol. The molecule has 3 heterocycles. The number of fused-ring (bicyclic) bond motifs is 3. The van der Waals surface area contributed by atoms with Gasteiger partial charge in [-0.25, -0.2) is 9.97 Å².